The van der Waals surface area contributed by atoms with Gasteiger partial charge in [0.1, 0.15) is 0 Å². The molecule has 142 valence electrons. The molecule has 0 saturated heterocycles. The highest BCUT2D eigenvalue weighted by molar-refractivity contribution is 6.33. The van der Waals surface area contributed by atoms with Crippen molar-refractivity contribution in [2.24, 2.45) is 5.73 Å². The van der Waals surface area contributed by atoms with Crippen molar-refractivity contribution >= 4 is 46.2 Å². The van der Waals surface area contributed by atoms with Gasteiger partial charge in [0.05, 0.1) is 10.6 Å². The molecule has 1 aromatic carbocycles. The Bertz CT molecular complexity index is 988. The zero-order valence-corrected chi connectivity index (χ0v) is 15.5. The van der Waals surface area contributed by atoms with Gasteiger partial charge in [-0.05, 0) is 32.0 Å². The number of carboxylic acids is 1. The van der Waals surface area contributed by atoms with Gasteiger partial charge in [-0.3, -0.25) is 0 Å². The first kappa shape index (κ1) is 18.8. The van der Waals surface area contributed by atoms with E-state index in [4.69, 9.17) is 17.3 Å². The van der Waals surface area contributed by atoms with E-state index >= 15 is 0 Å². The number of aryl methyl sites for hydroxylation is 1. The summed E-state index contributed by atoms with van der Waals surface area (Å²) in [5.74, 6) is -0.357. The molecule has 10 nitrogen and oxygen atoms in total. The van der Waals surface area contributed by atoms with E-state index in [-0.39, 0.29) is 16.6 Å². The fourth-order valence-electron chi connectivity index (χ4n) is 2.39. The average Bonchev–Trinajstić information content (AvgIpc) is 3.04. The number of carboxylic acid groups (broad SMARTS) is 1. The van der Waals surface area contributed by atoms with Crippen LogP contribution in [0.2, 0.25) is 5.02 Å². The Labute approximate surface area is 159 Å². The number of nitrogens with one attached hydrogen (secondary N) is 2. The van der Waals surface area contributed by atoms with Gasteiger partial charge < -0.3 is 21.5 Å². The zero-order valence-electron chi connectivity index (χ0n) is 14.8. The summed E-state index contributed by atoms with van der Waals surface area (Å²) in [7, 11) is 0. The van der Waals surface area contributed by atoms with Crippen molar-refractivity contribution in [1.29, 1.82) is 0 Å². The van der Waals surface area contributed by atoms with Crippen molar-refractivity contribution in [3.63, 3.8) is 0 Å². The van der Waals surface area contributed by atoms with Gasteiger partial charge in [0.25, 0.3) is 0 Å². The maximum Gasteiger partial charge on any atom is 0.337 e. The van der Waals surface area contributed by atoms with Crippen molar-refractivity contribution < 1.29 is 9.90 Å². The van der Waals surface area contributed by atoms with E-state index < -0.39 is 5.97 Å². The molecule has 0 spiro atoms. The van der Waals surface area contributed by atoms with Crippen LogP contribution < -0.4 is 16.4 Å². The lowest BCUT2D eigenvalue weighted by atomic mass is 10.2. The first-order valence-electron chi connectivity index (χ1n) is 8.29. The third-order valence-electron chi connectivity index (χ3n) is 3.70. The molecule has 0 radical (unpaired) electrons. The van der Waals surface area contributed by atoms with Crippen molar-refractivity contribution in [3.05, 3.63) is 28.8 Å². The smallest absolute Gasteiger partial charge is 0.337 e. The van der Waals surface area contributed by atoms with Crippen molar-refractivity contribution in [2.75, 3.05) is 17.2 Å². The summed E-state index contributed by atoms with van der Waals surface area (Å²) < 4.78 is 1.64. The number of hydrogen-bond donors (Lipinski definition) is 4. The molecule has 5 N–H and O–H groups in total. The molecule has 0 bridgehead atoms. The van der Waals surface area contributed by atoms with Gasteiger partial charge in [-0.1, -0.05) is 16.8 Å². The van der Waals surface area contributed by atoms with E-state index in [1.54, 1.807) is 10.7 Å². The summed E-state index contributed by atoms with van der Waals surface area (Å²) >= 11 is 5.93. The van der Waals surface area contributed by atoms with Gasteiger partial charge in [0.15, 0.2) is 17.0 Å². The lowest BCUT2D eigenvalue weighted by Crippen LogP contribution is -2.26. The number of fused-ring (bicyclic) bond motifs is 1. The minimum atomic E-state index is -1.12. The van der Waals surface area contributed by atoms with E-state index in [1.807, 2.05) is 13.8 Å². The molecule has 3 rings (SSSR count). The largest absolute Gasteiger partial charge is 0.478 e. The summed E-state index contributed by atoms with van der Waals surface area (Å²) in [5, 5.41) is 23.7. The summed E-state index contributed by atoms with van der Waals surface area (Å²) in [4.78, 5) is 20.2. The van der Waals surface area contributed by atoms with Gasteiger partial charge in [0, 0.05) is 24.8 Å². The Morgan fingerprint density at radius 3 is 2.85 bits per heavy atom. The minimum absolute atomic E-state index is 0.0144. The Morgan fingerprint density at radius 1 is 1.41 bits per heavy atom. The molecule has 0 fully saturated rings. The lowest BCUT2D eigenvalue weighted by Gasteiger charge is -2.11. The number of nitrogens with two attached hydrogens (primary N) is 1. The van der Waals surface area contributed by atoms with Crippen LogP contribution in [0.3, 0.4) is 0 Å². The van der Waals surface area contributed by atoms with E-state index in [0.717, 1.165) is 0 Å². The van der Waals surface area contributed by atoms with Gasteiger partial charge in [-0.15, -0.1) is 5.10 Å². The van der Waals surface area contributed by atoms with Crippen molar-refractivity contribution in [2.45, 2.75) is 26.4 Å². The topological polar surface area (TPSA) is 144 Å². The highest BCUT2D eigenvalue weighted by Gasteiger charge is 2.16. The van der Waals surface area contributed by atoms with Gasteiger partial charge in [0.2, 0.25) is 5.95 Å². The number of aromatic nitrogens is 5. The number of rotatable bonds is 7. The number of aromatic carboxylic acids is 1. The number of carbonyl (C=O) groups is 1. The van der Waals surface area contributed by atoms with Crippen LogP contribution in [0.4, 0.5) is 17.5 Å². The number of nitrogens with zero attached hydrogens (tertiary/aromatic N) is 5. The monoisotopic (exact) mass is 390 g/mol. The van der Waals surface area contributed by atoms with Gasteiger partial charge >= 0.3 is 5.97 Å². The first-order valence-corrected chi connectivity index (χ1v) is 8.67. The number of hydrogen-bond acceptors (Lipinski definition) is 8. The van der Waals surface area contributed by atoms with E-state index in [1.165, 1.54) is 12.1 Å². The molecule has 0 aliphatic heterocycles. The summed E-state index contributed by atoms with van der Waals surface area (Å²) in [6, 6.07) is 4.51. The molecule has 0 saturated carbocycles. The number of anilines is 3. The molecule has 0 aliphatic carbocycles. The fourth-order valence-corrected chi connectivity index (χ4v) is 2.59. The van der Waals surface area contributed by atoms with E-state index in [2.05, 4.69) is 30.9 Å². The first-order chi connectivity index (χ1) is 12.9. The molecule has 1 unspecified atom stereocenters. The van der Waals surface area contributed by atoms with Crippen molar-refractivity contribution in [3.8, 4) is 0 Å². The third-order valence-corrected chi connectivity index (χ3v) is 4.03. The molecule has 0 amide bonds. The molecular formula is C16H19ClN8O2. The average molecular weight is 391 g/mol. The highest BCUT2D eigenvalue weighted by atomic mass is 35.5. The summed E-state index contributed by atoms with van der Waals surface area (Å²) in [5.41, 5.74) is 7.28. The second-order valence-corrected chi connectivity index (χ2v) is 6.36. The lowest BCUT2D eigenvalue weighted by molar-refractivity contribution is 0.0697. The molecule has 2 aromatic heterocycles. The summed E-state index contributed by atoms with van der Waals surface area (Å²) in [6.45, 7) is 4.87. The Morgan fingerprint density at radius 2 is 2.19 bits per heavy atom. The Hall–Kier alpha value is -2.98. The molecule has 11 heteroatoms. The van der Waals surface area contributed by atoms with Crippen molar-refractivity contribution in [1.82, 2.24) is 25.0 Å². The molecule has 3 aromatic rings. The highest BCUT2D eigenvalue weighted by Crippen LogP contribution is 2.26. The number of benzene rings is 1. The van der Waals surface area contributed by atoms with Crippen LogP contribution in [0.25, 0.3) is 11.2 Å². The van der Waals surface area contributed by atoms with Crippen LogP contribution in [0.5, 0.6) is 0 Å². The molecular weight excluding hydrogens is 372 g/mol. The predicted molar refractivity (Wildman–Crippen MR) is 103 cm³/mol. The normalized spacial score (nSPS) is 12.1. The maximum atomic E-state index is 11.3. The predicted octanol–water partition coefficient (Wildman–Crippen LogP) is 2.10. The molecule has 27 heavy (non-hydrogen) atoms. The van der Waals surface area contributed by atoms with Crippen LogP contribution in [0.15, 0.2) is 18.2 Å². The molecule has 1 atom stereocenters. The Balaban J connectivity index is 2.03. The quantitative estimate of drug-likeness (QED) is 0.476. The Kier molecular flexibility index (Phi) is 5.38. The van der Waals surface area contributed by atoms with Crippen LogP contribution in [0, 0.1) is 0 Å². The van der Waals surface area contributed by atoms with Gasteiger partial charge in [-0.2, -0.15) is 9.97 Å². The zero-order chi connectivity index (χ0) is 19.6. The van der Waals surface area contributed by atoms with Crippen LogP contribution >= 0.6 is 11.6 Å². The van der Waals surface area contributed by atoms with E-state index in [9.17, 15) is 9.90 Å². The van der Waals surface area contributed by atoms with Gasteiger partial charge in [-0.25, -0.2) is 9.48 Å². The van der Waals surface area contributed by atoms with Crippen LogP contribution in [0.1, 0.15) is 24.2 Å². The molecule has 0 aliphatic rings. The summed E-state index contributed by atoms with van der Waals surface area (Å²) in [6.07, 6.45) is 0. The SMILES string of the molecule is CCn1nnc2c(Nc3ccc(Cl)c(C(=O)O)c3)nc(NCC(C)N)nc21. The van der Waals surface area contributed by atoms with Crippen LogP contribution in [-0.4, -0.2) is 48.6 Å². The second kappa shape index (κ2) is 7.72. The standard InChI is InChI=1S/C16H19ClN8O2/c1-3-25-14-12(23-24-25)13(21-16(22-14)19-7-8(2)18)20-9-4-5-11(17)10(6-9)15(26)27/h4-6,8H,3,7,18H2,1-2H3,(H,26,27)(H2,19,20,21,22). The van der Waals surface area contributed by atoms with E-state index in [0.29, 0.717) is 41.7 Å². The molecule has 2 heterocycles. The number of halogens is 1. The fraction of sp³-hybridized carbons (Fsp3) is 0.312. The maximum absolute atomic E-state index is 11.3. The minimum Gasteiger partial charge on any atom is -0.478 e. The second-order valence-electron chi connectivity index (χ2n) is 5.96. The van der Waals surface area contributed by atoms with Crippen LogP contribution in [-0.2, 0) is 6.54 Å². The third kappa shape index (κ3) is 4.07.